The topological polar surface area (TPSA) is 64.4 Å². The molecule has 0 spiro atoms. The zero-order valence-electron chi connectivity index (χ0n) is 12.2. The van der Waals surface area contributed by atoms with Crippen LogP contribution < -0.4 is 10.1 Å². The Balaban J connectivity index is 3.13. The Kier molecular flexibility index (Phi) is 4.75. The Morgan fingerprint density at radius 1 is 1.42 bits per heavy atom. The zero-order valence-corrected chi connectivity index (χ0v) is 12.2. The van der Waals surface area contributed by atoms with Crippen molar-refractivity contribution in [3.05, 3.63) is 28.3 Å². The molecule has 5 nitrogen and oxygen atoms in total. The molecule has 19 heavy (non-hydrogen) atoms. The van der Waals surface area contributed by atoms with Crippen molar-refractivity contribution in [1.82, 2.24) is 0 Å². The molecule has 0 bridgehead atoms. The molecule has 0 heterocycles. The molecule has 0 saturated carbocycles. The smallest absolute Gasteiger partial charge is 0.333 e. The molecule has 1 aromatic rings. The van der Waals surface area contributed by atoms with Crippen LogP contribution in [0.5, 0.6) is 5.75 Å². The van der Waals surface area contributed by atoms with Crippen molar-refractivity contribution >= 4 is 11.4 Å². The van der Waals surface area contributed by atoms with Crippen LogP contribution in [0.15, 0.2) is 18.2 Å². The van der Waals surface area contributed by atoms with E-state index < -0.39 is 4.92 Å². The number of hydrogen-bond donors (Lipinski definition) is 1. The number of nitrogens with one attached hydrogen (secondary N) is 1. The van der Waals surface area contributed by atoms with E-state index in [0.29, 0.717) is 18.0 Å². The molecule has 1 unspecified atom stereocenters. The summed E-state index contributed by atoms with van der Waals surface area (Å²) < 4.78 is 5.32. The summed E-state index contributed by atoms with van der Waals surface area (Å²) in [6.45, 7) is 10.5. The molecule has 1 rings (SSSR count). The highest BCUT2D eigenvalue weighted by atomic mass is 16.6. The second-order valence-corrected chi connectivity index (χ2v) is 5.57. The quantitative estimate of drug-likeness (QED) is 0.649. The maximum Gasteiger partial charge on any atom is 0.333 e. The van der Waals surface area contributed by atoms with Gasteiger partial charge < -0.3 is 10.1 Å². The standard InChI is InChI=1S/C14H22N2O3/c1-6-19-12-9-7-8-11(13(12)16(17)18)15-10(2)14(3,4)5/h7-10,15H,6H2,1-5H3. The van der Waals surface area contributed by atoms with Crippen molar-refractivity contribution in [2.45, 2.75) is 40.7 Å². The summed E-state index contributed by atoms with van der Waals surface area (Å²) in [5.41, 5.74) is 0.508. The first kappa shape index (κ1) is 15.3. The highest BCUT2D eigenvalue weighted by molar-refractivity contribution is 5.68. The van der Waals surface area contributed by atoms with Crippen LogP contribution in [0, 0.1) is 15.5 Å². The summed E-state index contributed by atoms with van der Waals surface area (Å²) >= 11 is 0. The van der Waals surface area contributed by atoms with Crippen molar-refractivity contribution < 1.29 is 9.66 Å². The molecular formula is C14H22N2O3. The maximum absolute atomic E-state index is 11.2. The molecule has 0 aliphatic carbocycles. The number of rotatable bonds is 5. The van der Waals surface area contributed by atoms with Crippen LogP contribution in [0.4, 0.5) is 11.4 Å². The molecule has 5 heteroatoms. The van der Waals surface area contributed by atoms with Gasteiger partial charge in [-0.1, -0.05) is 26.8 Å². The molecule has 0 fully saturated rings. The van der Waals surface area contributed by atoms with E-state index in [1.54, 1.807) is 18.2 Å². The SMILES string of the molecule is CCOc1cccc(NC(C)C(C)(C)C)c1[N+](=O)[O-]. The van der Waals surface area contributed by atoms with Gasteiger partial charge in [-0.2, -0.15) is 0 Å². The number of para-hydroxylation sites is 1. The third-order valence-electron chi connectivity index (χ3n) is 3.15. The summed E-state index contributed by atoms with van der Waals surface area (Å²) in [6.07, 6.45) is 0. The highest BCUT2D eigenvalue weighted by Crippen LogP contribution is 2.36. The fraction of sp³-hybridized carbons (Fsp3) is 0.571. The molecule has 0 aliphatic rings. The normalized spacial score (nSPS) is 12.9. The van der Waals surface area contributed by atoms with Gasteiger partial charge in [0, 0.05) is 6.04 Å². The number of nitro groups is 1. The molecule has 0 radical (unpaired) electrons. The van der Waals surface area contributed by atoms with E-state index in [1.807, 2.05) is 13.8 Å². The molecule has 1 aromatic carbocycles. The third-order valence-corrected chi connectivity index (χ3v) is 3.15. The Hall–Kier alpha value is -1.78. The molecule has 0 aliphatic heterocycles. The summed E-state index contributed by atoms with van der Waals surface area (Å²) in [7, 11) is 0. The van der Waals surface area contributed by atoms with Crippen LogP contribution in [0.1, 0.15) is 34.6 Å². The predicted molar refractivity (Wildman–Crippen MR) is 76.8 cm³/mol. The van der Waals surface area contributed by atoms with Crippen molar-refractivity contribution in [3.63, 3.8) is 0 Å². The number of ether oxygens (including phenoxy) is 1. The lowest BCUT2D eigenvalue weighted by Crippen LogP contribution is -2.31. The Morgan fingerprint density at radius 3 is 2.53 bits per heavy atom. The second kappa shape index (κ2) is 5.91. The van der Waals surface area contributed by atoms with Gasteiger partial charge >= 0.3 is 5.69 Å². The molecule has 106 valence electrons. The van der Waals surface area contributed by atoms with Crippen molar-refractivity contribution in [3.8, 4) is 5.75 Å². The van der Waals surface area contributed by atoms with E-state index in [9.17, 15) is 10.1 Å². The molecule has 1 N–H and O–H groups in total. The van der Waals surface area contributed by atoms with Gasteiger partial charge in [0.15, 0.2) is 5.75 Å². The molecular weight excluding hydrogens is 244 g/mol. The lowest BCUT2D eigenvalue weighted by atomic mass is 9.88. The van der Waals surface area contributed by atoms with Gasteiger partial charge in [0.25, 0.3) is 0 Å². The minimum Gasteiger partial charge on any atom is -0.487 e. The van der Waals surface area contributed by atoms with Crippen LogP contribution in [-0.2, 0) is 0 Å². The molecule has 0 amide bonds. The summed E-state index contributed by atoms with van der Waals surface area (Å²) in [6, 6.07) is 5.19. The number of hydrogen-bond acceptors (Lipinski definition) is 4. The first-order valence-corrected chi connectivity index (χ1v) is 6.44. The minimum absolute atomic E-state index is 0.000417. The van der Waals surface area contributed by atoms with Gasteiger partial charge in [-0.15, -0.1) is 0 Å². The van der Waals surface area contributed by atoms with Crippen molar-refractivity contribution in [2.24, 2.45) is 5.41 Å². The van der Waals surface area contributed by atoms with Crippen molar-refractivity contribution in [2.75, 3.05) is 11.9 Å². The summed E-state index contributed by atoms with van der Waals surface area (Å²) in [5.74, 6) is 0.304. The monoisotopic (exact) mass is 266 g/mol. The second-order valence-electron chi connectivity index (χ2n) is 5.57. The van der Waals surface area contributed by atoms with Gasteiger partial charge in [-0.05, 0) is 31.4 Å². The zero-order chi connectivity index (χ0) is 14.6. The van der Waals surface area contributed by atoms with Crippen LogP contribution in [0.25, 0.3) is 0 Å². The van der Waals surface area contributed by atoms with Gasteiger partial charge in [0.05, 0.1) is 11.5 Å². The largest absolute Gasteiger partial charge is 0.487 e. The Bertz CT molecular complexity index is 452. The van der Waals surface area contributed by atoms with Crippen LogP contribution in [0.2, 0.25) is 0 Å². The average molecular weight is 266 g/mol. The third kappa shape index (κ3) is 3.84. The van der Waals surface area contributed by atoms with E-state index in [2.05, 4.69) is 26.1 Å². The van der Waals surface area contributed by atoms with E-state index in [0.717, 1.165) is 0 Å². The fourth-order valence-electron chi connectivity index (χ4n) is 1.55. The summed E-state index contributed by atoms with van der Waals surface area (Å²) in [5, 5.41) is 14.4. The molecule has 1 atom stereocenters. The maximum atomic E-state index is 11.2. The Labute approximate surface area is 114 Å². The summed E-state index contributed by atoms with van der Waals surface area (Å²) in [4.78, 5) is 10.8. The molecule has 0 aromatic heterocycles. The van der Waals surface area contributed by atoms with Gasteiger partial charge in [0.1, 0.15) is 5.69 Å². The molecule has 0 saturated heterocycles. The van der Waals surface area contributed by atoms with E-state index in [-0.39, 0.29) is 17.1 Å². The highest BCUT2D eigenvalue weighted by Gasteiger charge is 2.25. The lowest BCUT2D eigenvalue weighted by Gasteiger charge is -2.29. The van der Waals surface area contributed by atoms with E-state index in [1.165, 1.54) is 0 Å². The van der Waals surface area contributed by atoms with Crippen LogP contribution in [-0.4, -0.2) is 17.6 Å². The first-order valence-electron chi connectivity index (χ1n) is 6.44. The number of nitrogens with zero attached hydrogens (tertiary/aromatic N) is 1. The van der Waals surface area contributed by atoms with Crippen LogP contribution in [0.3, 0.4) is 0 Å². The van der Waals surface area contributed by atoms with Gasteiger partial charge in [-0.25, -0.2) is 0 Å². The predicted octanol–water partition coefficient (Wildman–Crippen LogP) is 3.84. The van der Waals surface area contributed by atoms with Crippen molar-refractivity contribution in [1.29, 1.82) is 0 Å². The first-order chi connectivity index (χ1) is 8.77. The van der Waals surface area contributed by atoms with E-state index >= 15 is 0 Å². The fourth-order valence-corrected chi connectivity index (χ4v) is 1.55. The Morgan fingerprint density at radius 2 is 2.05 bits per heavy atom. The average Bonchev–Trinajstić information content (AvgIpc) is 2.27. The van der Waals surface area contributed by atoms with Crippen LogP contribution >= 0.6 is 0 Å². The number of anilines is 1. The number of benzene rings is 1. The minimum atomic E-state index is -0.400. The van der Waals surface area contributed by atoms with Gasteiger partial charge in [-0.3, -0.25) is 10.1 Å². The lowest BCUT2D eigenvalue weighted by molar-refractivity contribution is -0.385. The van der Waals surface area contributed by atoms with E-state index in [4.69, 9.17) is 4.74 Å². The van der Waals surface area contributed by atoms with Gasteiger partial charge in [0.2, 0.25) is 0 Å². The number of nitro benzene ring substituents is 1.